The molecule has 2 rings (SSSR count). The zero-order valence-electron chi connectivity index (χ0n) is 11.9. The van der Waals surface area contributed by atoms with E-state index in [1.54, 1.807) is 0 Å². The van der Waals surface area contributed by atoms with Crippen molar-refractivity contribution in [2.24, 2.45) is 0 Å². The zero-order chi connectivity index (χ0) is 14.2. The first-order valence-corrected chi connectivity index (χ1v) is 7.97. The van der Waals surface area contributed by atoms with Crippen LogP contribution in [-0.2, 0) is 4.74 Å². The number of anilines is 1. The Kier molecular flexibility index (Phi) is 6.27. The van der Waals surface area contributed by atoms with Crippen molar-refractivity contribution in [3.63, 3.8) is 0 Å². The molecule has 1 aromatic heterocycles. The van der Waals surface area contributed by atoms with Gasteiger partial charge in [0.05, 0.1) is 0 Å². The number of benzene rings is 1. The highest BCUT2D eigenvalue weighted by Gasteiger charge is 2.03. The highest BCUT2D eigenvalue weighted by Crippen LogP contribution is 2.27. The third kappa shape index (κ3) is 4.18. The van der Waals surface area contributed by atoms with Crippen molar-refractivity contribution in [1.82, 2.24) is 4.98 Å². The SMILES string of the molecule is CCCCOCCCNc1nccc2c(Br)cccc12. The molecule has 0 radical (unpaired) electrons. The standard InChI is InChI=1S/C16H21BrN2O/c1-2-3-11-20-12-5-9-18-16-14-6-4-7-15(17)13(14)8-10-19-16/h4,6-8,10H,2-3,5,9,11-12H2,1H3,(H,18,19). The summed E-state index contributed by atoms with van der Waals surface area (Å²) < 4.78 is 6.65. The molecule has 1 aromatic carbocycles. The fourth-order valence-electron chi connectivity index (χ4n) is 2.04. The molecule has 2 aromatic rings. The second-order valence-corrected chi connectivity index (χ2v) is 5.60. The normalized spacial score (nSPS) is 10.9. The van der Waals surface area contributed by atoms with E-state index >= 15 is 0 Å². The molecule has 3 nitrogen and oxygen atoms in total. The first-order valence-electron chi connectivity index (χ1n) is 7.17. The summed E-state index contributed by atoms with van der Waals surface area (Å²) in [6, 6.07) is 8.20. The molecule has 0 unspecified atom stereocenters. The zero-order valence-corrected chi connectivity index (χ0v) is 13.4. The first kappa shape index (κ1) is 15.3. The lowest BCUT2D eigenvalue weighted by Gasteiger charge is -2.09. The minimum atomic E-state index is 0.807. The highest BCUT2D eigenvalue weighted by molar-refractivity contribution is 9.10. The smallest absolute Gasteiger partial charge is 0.133 e. The minimum absolute atomic E-state index is 0.807. The lowest BCUT2D eigenvalue weighted by Crippen LogP contribution is -2.07. The fourth-order valence-corrected chi connectivity index (χ4v) is 2.54. The van der Waals surface area contributed by atoms with Crippen molar-refractivity contribution < 1.29 is 4.74 Å². The number of hydrogen-bond donors (Lipinski definition) is 1. The number of rotatable bonds is 8. The Balaban J connectivity index is 1.86. The molecule has 0 spiro atoms. The van der Waals surface area contributed by atoms with Gasteiger partial charge >= 0.3 is 0 Å². The van der Waals surface area contributed by atoms with Gasteiger partial charge in [0.15, 0.2) is 0 Å². The molecule has 0 aliphatic rings. The van der Waals surface area contributed by atoms with Gasteiger partial charge in [-0.2, -0.15) is 0 Å². The fraction of sp³-hybridized carbons (Fsp3) is 0.438. The van der Waals surface area contributed by atoms with Crippen LogP contribution in [0, 0.1) is 0 Å². The molecule has 0 saturated heterocycles. The van der Waals surface area contributed by atoms with Gasteiger partial charge in [-0.1, -0.05) is 41.4 Å². The van der Waals surface area contributed by atoms with Crippen LogP contribution >= 0.6 is 15.9 Å². The Morgan fingerprint density at radius 3 is 2.85 bits per heavy atom. The summed E-state index contributed by atoms with van der Waals surface area (Å²) in [6.45, 7) is 4.73. The lowest BCUT2D eigenvalue weighted by atomic mass is 10.1. The van der Waals surface area contributed by atoms with Gasteiger partial charge in [0.2, 0.25) is 0 Å². The molecule has 1 heterocycles. The summed E-state index contributed by atoms with van der Waals surface area (Å²) in [6.07, 6.45) is 5.17. The summed E-state index contributed by atoms with van der Waals surface area (Å²) in [5.41, 5.74) is 0. The topological polar surface area (TPSA) is 34.1 Å². The molecular formula is C16H21BrN2O. The van der Waals surface area contributed by atoms with Gasteiger partial charge in [-0.3, -0.25) is 0 Å². The Morgan fingerprint density at radius 1 is 1.15 bits per heavy atom. The van der Waals surface area contributed by atoms with Crippen LogP contribution in [0.3, 0.4) is 0 Å². The highest BCUT2D eigenvalue weighted by atomic mass is 79.9. The van der Waals surface area contributed by atoms with Gasteiger partial charge < -0.3 is 10.1 Å². The second kappa shape index (κ2) is 8.22. The van der Waals surface area contributed by atoms with E-state index in [0.717, 1.165) is 48.3 Å². The average Bonchev–Trinajstić information content (AvgIpc) is 2.47. The van der Waals surface area contributed by atoms with Crippen LogP contribution in [0.15, 0.2) is 34.9 Å². The van der Waals surface area contributed by atoms with Gasteiger partial charge in [0, 0.05) is 41.2 Å². The third-order valence-electron chi connectivity index (χ3n) is 3.15. The number of nitrogens with one attached hydrogen (secondary N) is 1. The number of unbranched alkanes of at least 4 members (excludes halogenated alkanes) is 1. The van der Waals surface area contributed by atoms with Crippen LogP contribution in [0.25, 0.3) is 10.8 Å². The van der Waals surface area contributed by atoms with E-state index in [1.165, 1.54) is 11.8 Å². The van der Waals surface area contributed by atoms with E-state index < -0.39 is 0 Å². The maximum atomic E-state index is 5.55. The predicted molar refractivity (Wildman–Crippen MR) is 88.3 cm³/mol. The molecule has 0 bridgehead atoms. The Labute approximate surface area is 128 Å². The molecule has 0 amide bonds. The molecule has 108 valence electrons. The van der Waals surface area contributed by atoms with E-state index in [0.29, 0.717) is 0 Å². The molecule has 0 saturated carbocycles. The van der Waals surface area contributed by atoms with E-state index in [4.69, 9.17) is 4.74 Å². The summed E-state index contributed by atoms with van der Waals surface area (Å²) in [7, 11) is 0. The number of aromatic nitrogens is 1. The van der Waals surface area contributed by atoms with Crippen molar-refractivity contribution in [2.75, 3.05) is 25.1 Å². The van der Waals surface area contributed by atoms with Gasteiger partial charge in [-0.15, -0.1) is 0 Å². The van der Waals surface area contributed by atoms with E-state index in [1.807, 2.05) is 24.4 Å². The van der Waals surface area contributed by atoms with E-state index in [-0.39, 0.29) is 0 Å². The number of hydrogen-bond acceptors (Lipinski definition) is 3. The van der Waals surface area contributed by atoms with Crippen LogP contribution < -0.4 is 5.32 Å². The molecule has 0 atom stereocenters. The Hall–Kier alpha value is -1.13. The summed E-state index contributed by atoms with van der Waals surface area (Å²) in [4.78, 5) is 4.42. The molecule has 20 heavy (non-hydrogen) atoms. The number of halogens is 1. The van der Waals surface area contributed by atoms with Gasteiger partial charge in [0.1, 0.15) is 5.82 Å². The van der Waals surface area contributed by atoms with E-state index in [2.05, 4.69) is 39.2 Å². The van der Waals surface area contributed by atoms with Crippen LogP contribution in [0.1, 0.15) is 26.2 Å². The van der Waals surface area contributed by atoms with Gasteiger partial charge in [-0.05, 0) is 25.0 Å². The van der Waals surface area contributed by atoms with Crippen molar-refractivity contribution in [1.29, 1.82) is 0 Å². The predicted octanol–water partition coefficient (Wildman–Crippen LogP) is 4.62. The molecule has 0 aliphatic carbocycles. The second-order valence-electron chi connectivity index (χ2n) is 4.74. The lowest BCUT2D eigenvalue weighted by molar-refractivity contribution is 0.131. The summed E-state index contributed by atoms with van der Waals surface area (Å²) in [5, 5.41) is 5.73. The average molecular weight is 337 g/mol. The number of nitrogens with zero attached hydrogens (tertiary/aromatic N) is 1. The van der Waals surface area contributed by atoms with Crippen molar-refractivity contribution >= 4 is 32.5 Å². The maximum absolute atomic E-state index is 5.55. The molecule has 4 heteroatoms. The maximum Gasteiger partial charge on any atom is 0.133 e. The number of ether oxygens (including phenoxy) is 1. The largest absolute Gasteiger partial charge is 0.381 e. The monoisotopic (exact) mass is 336 g/mol. The quantitative estimate of drug-likeness (QED) is 0.714. The Bertz CT molecular complexity index is 545. The first-order chi connectivity index (χ1) is 9.83. The minimum Gasteiger partial charge on any atom is -0.381 e. The number of fused-ring (bicyclic) bond motifs is 1. The van der Waals surface area contributed by atoms with Crippen LogP contribution in [-0.4, -0.2) is 24.7 Å². The van der Waals surface area contributed by atoms with Gasteiger partial charge in [-0.25, -0.2) is 4.98 Å². The summed E-state index contributed by atoms with van der Waals surface area (Å²) >= 11 is 3.57. The number of pyridine rings is 1. The van der Waals surface area contributed by atoms with Crippen molar-refractivity contribution in [3.05, 3.63) is 34.9 Å². The molecule has 0 fully saturated rings. The van der Waals surface area contributed by atoms with Crippen LogP contribution in [0.4, 0.5) is 5.82 Å². The van der Waals surface area contributed by atoms with Crippen LogP contribution in [0.5, 0.6) is 0 Å². The Morgan fingerprint density at radius 2 is 2.00 bits per heavy atom. The van der Waals surface area contributed by atoms with Gasteiger partial charge in [0.25, 0.3) is 0 Å². The third-order valence-corrected chi connectivity index (χ3v) is 3.84. The molecule has 0 aliphatic heterocycles. The van der Waals surface area contributed by atoms with Crippen molar-refractivity contribution in [2.45, 2.75) is 26.2 Å². The molecule has 1 N–H and O–H groups in total. The summed E-state index contributed by atoms with van der Waals surface area (Å²) in [5.74, 6) is 0.942. The van der Waals surface area contributed by atoms with Crippen molar-refractivity contribution in [3.8, 4) is 0 Å². The van der Waals surface area contributed by atoms with E-state index in [9.17, 15) is 0 Å². The molecular weight excluding hydrogens is 316 g/mol. The van der Waals surface area contributed by atoms with Crippen LogP contribution in [0.2, 0.25) is 0 Å².